The SMILES string of the molecule is C#Cc1c(F)cc(CN2CCC[C@@]3(COc4nc(N5CCOCC(CO)C5)c5cnc(-c6cc(O)cc7ccc(F)c(CC)c67)c(F)c5n4)CCC[C@@H]23)c2cc(O)cc(-c3ncc4c(N5CC6CC(O)C(C6)C5)nc(OC[C@]56CCC[C@H]5N(C)CCC6)nc4c3F)c12. The quantitative estimate of drug-likeness (QED) is 0.0591. The lowest BCUT2D eigenvalue weighted by Gasteiger charge is -2.46. The van der Waals surface area contributed by atoms with E-state index in [0.717, 1.165) is 77.2 Å². The molecule has 4 N–H and O–H groups in total. The van der Waals surface area contributed by atoms with Crippen LogP contribution in [0.1, 0.15) is 101 Å². The van der Waals surface area contributed by atoms with Gasteiger partial charge in [-0.3, -0.25) is 14.9 Å². The Morgan fingerprint density at radius 3 is 2.02 bits per heavy atom. The summed E-state index contributed by atoms with van der Waals surface area (Å²) >= 11 is 0. The third kappa shape index (κ3) is 10.4. The Morgan fingerprint density at radius 1 is 0.707 bits per heavy atom. The number of aliphatic hydroxyl groups excluding tert-OH is 2. The van der Waals surface area contributed by atoms with Crippen molar-refractivity contribution in [2.75, 3.05) is 89.2 Å². The molecule has 7 aliphatic rings. The molecule has 3 aliphatic carbocycles. The molecule has 0 spiro atoms. The molecule has 15 rings (SSSR count). The summed E-state index contributed by atoms with van der Waals surface area (Å²) in [5.74, 6) is 0.247. The van der Waals surface area contributed by atoms with Crippen LogP contribution in [0.2, 0.25) is 0 Å². The number of aromatic nitrogens is 6. The van der Waals surface area contributed by atoms with Crippen molar-refractivity contribution in [1.29, 1.82) is 0 Å². The van der Waals surface area contributed by atoms with E-state index in [1.165, 1.54) is 42.7 Å². The van der Waals surface area contributed by atoms with Crippen molar-refractivity contribution in [2.45, 2.75) is 115 Å². The molecule has 4 aliphatic heterocycles. The number of aryl methyl sites for hydroxylation is 1. The van der Waals surface area contributed by atoms with Crippen LogP contribution in [-0.2, 0) is 17.7 Å². The summed E-state index contributed by atoms with van der Waals surface area (Å²) < 4.78 is 87.5. The number of terminal acetylenes is 1. The fourth-order valence-electron chi connectivity index (χ4n) is 17.7. The molecule has 0 radical (unpaired) electrons. The zero-order valence-electron chi connectivity index (χ0n) is 51.9. The normalized spacial score (nSPS) is 26.0. The predicted octanol–water partition coefficient (Wildman–Crippen LogP) is 11.0. The van der Waals surface area contributed by atoms with E-state index in [4.69, 9.17) is 45.6 Å². The van der Waals surface area contributed by atoms with Gasteiger partial charge >= 0.3 is 12.0 Å². The topological polar surface area (TPSA) is 199 Å². The number of aliphatic hydroxyl groups is 2. The second-order valence-corrected chi connectivity index (χ2v) is 27.4. The number of rotatable bonds is 14. The number of hydrogen-bond acceptors (Lipinski definition) is 17. The first-order chi connectivity index (χ1) is 44.6. The van der Waals surface area contributed by atoms with Gasteiger partial charge in [0.05, 0.1) is 48.9 Å². The van der Waals surface area contributed by atoms with E-state index in [1.54, 1.807) is 12.1 Å². The van der Waals surface area contributed by atoms with Gasteiger partial charge in [-0.15, -0.1) is 6.42 Å². The Bertz CT molecular complexity index is 4290. The molecule has 3 saturated carbocycles. The maximum atomic E-state index is 18.1. The average Bonchev–Trinajstić information content (AvgIpc) is 0.910. The Labute approximate surface area is 530 Å². The number of nitrogens with zero attached hydrogens (tertiary/aromatic N) is 10. The van der Waals surface area contributed by atoms with Gasteiger partial charge in [0, 0.05) is 103 Å². The van der Waals surface area contributed by atoms with Crippen molar-refractivity contribution in [2.24, 2.45) is 28.6 Å². The van der Waals surface area contributed by atoms with Crippen LogP contribution in [-0.4, -0.2) is 158 Å². The molecule has 21 heteroatoms. The summed E-state index contributed by atoms with van der Waals surface area (Å²) in [5, 5.41) is 46.2. The molecular weight excluding hydrogens is 1180 g/mol. The van der Waals surface area contributed by atoms with Crippen molar-refractivity contribution < 1.29 is 52.2 Å². The standard InChI is InChI=1S/C71H76F4N10O7/c1-4-46-53(72)13-12-41-24-44(87)27-49(58(41)46)62-60(74)64-51(29-76-62)66(84-20-21-90-36-40(32-84)35-86)80-68(78-64)92-38-71-15-7-11-57(71)83(19-9-17-71)33-42-25-54(73)47(5-2)59-48(42)26-45(88)28-50(59)63-61(75)65-52(30-77-63)67(85-31-39-22-43(34-85)55(89)23-39)81-69(79-65)91-37-70-14-6-10-56(70)82(3)18-8-16-70/h2,12-13,24-30,39-40,43,55-57,86-89H,4,6-11,14-23,31-38H2,1,3H3/t39?,40?,43?,55?,56-,57-,70-,71-/m1/s1. The van der Waals surface area contributed by atoms with Gasteiger partial charge in [0.1, 0.15) is 57.2 Å². The summed E-state index contributed by atoms with van der Waals surface area (Å²) in [5.41, 5.74) is 0.0741. The number of anilines is 2. The van der Waals surface area contributed by atoms with E-state index in [9.17, 15) is 20.4 Å². The molecule has 17 nitrogen and oxygen atoms in total. The first-order valence-corrected chi connectivity index (χ1v) is 32.8. The fraction of sp³-hybridized carbons (Fsp3) is 0.493. The van der Waals surface area contributed by atoms with Crippen molar-refractivity contribution in [1.82, 2.24) is 39.7 Å². The minimum absolute atomic E-state index is 0.0299. The molecule has 2 bridgehead atoms. The van der Waals surface area contributed by atoms with Gasteiger partial charge in [0.2, 0.25) is 0 Å². The van der Waals surface area contributed by atoms with Crippen LogP contribution in [0.25, 0.3) is 65.9 Å². The molecule has 7 fully saturated rings. The number of benzene rings is 4. The molecule has 4 unspecified atom stereocenters. The molecule has 92 heavy (non-hydrogen) atoms. The fourth-order valence-corrected chi connectivity index (χ4v) is 17.7. The van der Waals surface area contributed by atoms with Gasteiger partial charge < -0.3 is 49.3 Å². The van der Waals surface area contributed by atoms with Gasteiger partial charge in [-0.05, 0) is 160 Å². The lowest BCUT2D eigenvalue weighted by molar-refractivity contribution is -0.00438. The lowest BCUT2D eigenvalue weighted by atomic mass is 9.75. The summed E-state index contributed by atoms with van der Waals surface area (Å²) in [6.07, 6.45) is 19.8. The number of pyridine rings is 2. The Morgan fingerprint density at radius 2 is 1.35 bits per heavy atom. The molecule has 0 amide bonds. The number of piperidine rings is 3. The molecule has 480 valence electrons. The van der Waals surface area contributed by atoms with E-state index in [0.29, 0.717) is 116 Å². The lowest BCUT2D eigenvalue weighted by Crippen LogP contribution is -2.51. The first-order valence-electron chi connectivity index (χ1n) is 32.8. The monoisotopic (exact) mass is 1260 g/mol. The highest BCUT2D eigenvalue weighted by atomic mass is 19.1. The van der Waals surface area contributed by atoms with E-state index in [-0.39, 0.29) is 122 Å². The maximum absolute atomic E-state index is 18.1. The van der Waals surface area contributed by atoms with Crippen molar-refractivity contribution in [3.63, 3.8) is 0 Å². The highest BCUT2D eigenvalue weighted by molar-refractivity contribution is 6.05. The van der Waals surface area contributed by atoms with Crippen LogP contribution in [0.4, 0.5) is 29.2 Å². The number of aromatic hydroxyl groups is 2. The zero-order valence-corrected chi connectivity index (χ0v) is 51.9. The van der Waals surface area contributed by atoms with Crippen LogP contribution >= 0.6 is 0 Å². The summed E-state index contributed by atoms with van der Waals surface area (Å²) in [4.78, 5) is 37.8. The van der Waals surface area contributed by atoms with E-state index in [1.807, 2.05) is 11.8 Å². The first kappa shape index (κ1) is 60.5. The molecule has 4 aromatic heterocycles. The second kappa shape index (κ2) is 24.0. The number of ether oxygens (including phenoxy) is 3. The van der Waals surface area contributed by atoms with Gasteiger partial charge in [0.15, 0.2) is 11.6 Å². The number of hydrogen-bond donors (Lipinski definition) is 4. The molecule has 4 saturated heterocycles. The van der Waals surface area contributed by atoms with Crippen LogP contribution < -0.4 is 19.3 Å². The zero-order chi connectivity index (χ0) is 63.3. The number of phenols is 2. The Kier molecular flexibility index (Phi) is 15.8. The average molecular weight is 1260 g/mol. The number of phenolic OH excluding ortho intramolecular Hbond substituents is 2. The summed E-state index contributed by atoms with van der Waals surface area (Å²) in [6, 6.07) is 10.3. The molecule has 8 heterocycles. The van der Waals surface area contributed by atoms with E-state index >= 15 is 17.6 Å². The number of halogens is 4. The number of likely N-dealkylation sites (tertiary alicyclic amines) is 2. The van der Waals surface area contributed by atoms with Crippen molar-refractivity contribution in [3.05, 3.63) is 94.8 Å². The highest BCUT2D eigenvalue weighted by Crippen LogP contribution is 2.51. The Hall–Kier alpha value is -7.74. The van der Waals surface area contributed by atoms with E-state index < -0.39 is 34.8 Å². The number of fused-ring (bicyclic) bond motifs is 8. The van der Waals surface area contributed by atoms with Crippen LogP contribution in [0.5, 0.6) is 23.5 Å². The highest BCUT2D eigenvalue weighted by Gasteiger charge is 2.50. The minimum Gasteiger partial charge on any atom is -0.508 e. The Balaban J connectivity index is 0.771. The van der Waals surface area contributed by atoms with Crippen LogP contribution in [0, 0.1) is 64.2 Å². The molecule has 4 aromatic carbocycles. The molecule has 8 atom stereocenters. The van der Waals surface area contributed by atoms with Crippen molar-refractivity contribution in [3.8, 4) is 58.4 Å². The third-order valence-electron chi connectivity index (χ3n) is 21.9. The van der Waals surface area contributed by atoms with Gasteiger partial charge in [-0.1, -0.05) is 31.8 Å². The molecule has 8 aromatic rings. The third-order valence-corrected chi connectivity index (χ3v) is 21.9. The summed E-state index contributed by atoms with van der Waals surface area (Å²) in [7, 11) is 2.17. The van der Waals surface area contributed by atoms with E-state index in [2.05, 4.69) is 32.7 Å². The van der Waals surface area contributed by atoms with Gasteiger partial charge in [0.25, 0.3) is 0 Å². The van der Waals surface area contributed by atoms with Gasteiger partial charge in [-0.25, -0.2) is 17.6 Å². The predicted molar refractivity (Wildman–Crippen MR) is 342 cm³/mol. The van der Waals surface area contributed by atoms with Crippen LogP contribution in [0.3, 0.4) is 0 Å². The smallest absolute Gasteiger partial charge is 0.319 e. The minimum atomic E-state index is -0.813. The van der Waals surface area contributed by atoms with Crippen molar-refractivity contribution >= 4 is 55.0 Å². The van der Waals surface area contributed by atoms with Crippen LogP contribution in [0.15, 0.2) is 54.9 Å². The summed E-state index contributed by atoms with van der Waals surface area (Å²) in [6.45, 7) is 6.56. The largest absolute Gasteiger partial charge is 0.508 e. The second-order valence-electron chi connectivity index (χ2n) is 27.4. The van der Waals surface area contributed by atoms with Gasteiger partial charge in [-0.2, -0.15) is 19.9 Å². The molecular formula is C71H76F4N10O7. The maximum Gasteiger partial charge on any atom is 0.319 e.